The first-order chi connectivity index (χ1) is 6.63. The summed E-state index contributed by atoms with van der Waals surface area (Å²) in [4.78, 5) is 16.1. The number of likely N-dealkylation sites (N-methyl/N-ethyl adjacent to an activating group) is 1. The van der Waals surface area contributed by atoms with E-state index < -0.39 is 0 Å². The molecule has 0 aromatic carbocycles. The molecular formula is C11H22N2O. The lowest BCUT2D eigenvalue weighted by Crippen LogP contribution is -2.51. The maximum absolute atomic E-state index is 11.5. The highest BCUT2D eigenvalue weighted by Gasteiger charge is 2.22. The minimum Gasteiger partial charge on any atom is -0.304 e. The molecule has 0 bridgehead atoms. The standard InChI is InChI=1S/C11H22N2O/c1-4-5-11(14)9-13-7-6-12(3)8-10(13)2/h10H,4-9H2,1-3H3. The van der Waals surface area contributed by atoms with Crippen LogP contribution in [0, 0.1) is 0 Å². The van der Waals surface area contributed by atoms with Crippen molar-refractivity contribution in [1.29, 1.82) is 0 Å². The van der Waals surface area contributed by atoms with Crippen molar-refractivity contribution < 1.29 is 4.79 Å². The van der Waals surface area contributed by atoms with Gasteiger partial charge in [-0.1, -0.05) is 6.92 Å². The summed E-state index contributed by atoms with van der Waals surface area (Å²) >= 11 is 0. The Morgan fingerprint density at radius 3 is 2.71 bits per heavy atom. The van der Waals surface area contributed by atoms with E-state index in [0.717, 1.165) is 32.5 Å². The van der Waals surface area contributed by atoms with Gasteiger partial charge in [-0.2, -0.15) is 0 Å². The maximum atomic E-state index is 11.5. The van der Waals surface area contributed by atoms with Crippen molar-refractivity contribution in [1.82, 2.24) is 9.80 Å². The van der Waals surface area contributed by atoms with Crippen molar-refractivity contribution in [2.24, 2.45) is 0 Å². The fourth-order valence-electron chi connectivity index (χ4n) is 2.00. The van der Waals surface area contributed by atoms with E-state index in [4.69, 9.17) is 0 Å². The third-order valence-corrected chi connectivity index (χ3v) is 2.88. The number of nitrogens with zero attached hydrogens (tertiary/aromatic N) is 2. The van der Waals surface area contributed by atoms with Crippen LogP contribution in [0.15, 0.2) is 0 Å². The number of piperazine rings is 1. The van der Waals surface area contributed by atoms with E-state index in [0.29, 0.717) is 18.4 Å². The zero-order chi connectivity index (χ0) is 10.6. The maximum Gasteiger partial charge on any atom is 0.146 e. The van der Waals surface area contributed by atoms with Gasteiger partial charge in [0.2, 0.25) is 0 Å². The summed E-state index contributed by atoms with van der Waals surface area (Å²) in [7, 11) is 2.14. The van der Waals surface area contributed by atoms with Crippen molar-refractivity contribution in [2.45, 2.75) is 32.7 Å². The van der Waals surface area contributed by atoms with Crippen LogP contribution in [0.3, 0.4) is 0 Å². The first-order valence-electron chi connectivity index (χ1n) is 5.57. The molecule has 0 amide bonds. The number of rotatable bonds is 4. The molecule has 82 valence electrons. The Balaban J connectivity index is 2.33. The first kappa shape index (κ1) is 11.7. The molecule has 1 unspecified atom stereocenters. The molecule has 0 aliphatic carbocycles. The largest absolute Gasteiger partial charge is 0.304 e. The Morgan fingerprint density at radius 2 is 2.14 bits per heavy atom. The topological polar surface area (TPSA) is 23.6 Å². The normalized spacial score (nSPS) is 25.2. The Morgan fingerprint density at radius 1 is 1.43 bits per heavy atom. The number of hydrogen-bond acceptors (Lipinski definition) is 3. The molecule has 1 rings (SSSR count). The highest BCUT2D eigenvalue weighted by molar-refractivity contribution is 5.80. The predicted octanol–water partition coefficient (Wildman–Crippen LogP) is 0.991. The predicted molar refractivity (Wildman–Crippen MR) is 58.4 cm³/mol. The van der Waals surface area contributed by atoms with Gasteiger partial charge in [-0.05, 0) is 20.4 Å². The average Bonchev–Trinajstić information content (AvgIpc) is 2.10. The molecule has 1 fully saturated rings. The molecular weight excluding hydrogens is 176 g/mol. The van der Waals surface area contributed by atoms with Gasteiger partial charge in [0.25, 0.3) is 0 Å². The molecule has 3 nitrogen and oxygen atoms in total. The molecule has 1 atom stereocenters. The van der Waals surface area contributed by atoms with Crippen LogP contribution in [0.4, 0.5) is 0 Å². The second-order valence-electron chi connectivity index (χ2n) is 4.37. The lowest BCUT2D eigenvalue weighted by atomic mass is 10.1. The van der Waals surface area contributed by atoms with E-state index in [9.17, 15) is 4.79 Å². The minimum atomic E-state index is 0.393. The van der Waals surface area contributed by atoms with Gasteiger partial charge >= 0.3 is 0 Å². The SMILES string of the molecule is CCCC(=O)CN1CCN(C)CC1C. The molecule has 0 N–H and O–H groups in total. The Labute approximate surface area is 87.1 Å². The number of ketones is 1. The van der Waals surface area contributed by atoms with E-state index in [1.54, 1.807) is 0 Å². The molecule has 0 saturated carbocycles. The van der Waals surface area contributed by atoms with Gasteiger partial charge in [0.15, 0.2) is 0 Å². The van der Waals surface area contributed by atoms with E-state index in [1.165, 1.54) is 0 Å². The number of Topliss-reactive ketones (excluding diaryl/α,β-unsaturated/α-hetero) is 1. The number of hydrogen-bond donors (Lipinski definition) is 0. The van der Waals surface area contributed by atoms with Gasteiger partial charge in [-0.25, -0.2) is 0 Å². The molecule has 0 spiro atoms. The van der Waals surface area contributed by atoms with Gasteiger partial charge in [-0.15, -0.1) is 0 Å². The third-order valence-electron chi connectivity index (χ3n) is 2.88. The monoisotopic (exact) mass is 198 g/mol. The van der Waals surface area contributed by atoms with Gasteiger partial charge in [0.05, 0.1) is 6.54 Å². The van der Waals surface area contributed by atoms with Crippen molar-refractivity contribution in [2.75, 3.05) is 33.2 Å². The average molecular weight is 198 g/mol. The summed E-state index contributed by atoms with van der Waals surface area (Å²) in [6, 6.07) is 0.523. The molecule has 3 heteroatoms. The fourth-order valence-corrected chi connectivity index (χ4v) is 2.00. The smallest absolute Gasteiger partial charge is 0.146 e. The zero-order valence-electron chi connectivity index (χ0n) is 9.62. The van der Waals surface area contributed by atoms with E-state index in [-0.39, 0.29) is 0 Å². The summed E-state index contributed by atoms with van der Waals surface area (Å²) < 4.78 is 0. The molecule has 0 radical (unpaired) electrons. The summed E-state index contributed by atoms with van der Waals surface area (Å²) in [5.74, 6) is 0.393. The van der Waals surface area contributed by atoms with Crippen molar-refractivity contribution in [3.63, 3.8) is 0 Å². The van der Waals surface area contributed by atoms with E-state index in [2.05, 4.69) is 30.7 Å². The second kappa shape index (κ2) is 5.47. The first-order valence-corrected chi connectivity index (χ1v) is 5.57. The fraction of sp³-hybridized carbons (Fsp3) is 0.909. The van der Waals surface area contributed by atoms with Crippen molar-refractivity contribution in [3.05, 3.63) is 0 Å². The molecule has 0 aromatic heterocycles. The molecule has 14 heavy (non-hydrogen) atoms. The van der Waals surface area contributed by atoms with E-state index in [1.807, 2.05) is 0 Å². The number of carbonyl (C=O) groups is 1. The Hall–Kier alpha value is -0.410. The summed E-state index contributed by atoms with van der Waals surface area (Å²) in [6.07, 6.45) is 1.71. The Kier molecular flexibility index (Phi) is 4.55. The van der Waals surface area contributed by atoms with E-state index >= 15 is 0 Å². The van der Waals surface area contributed by atoms with Crippen LogP contribution in [0.5, 0.6) is 0 Å². The molecule has 1 saturated heterocycles. The van der Waals surface area contributed by atoms with Gasteiger partial charge in [-0.3, -0.25) is 9.69 Å². The van der Waals surface area contributed by atoms with Crippen molar-refractivity contribution in [3.8, 4) is 0 Å². The molecule has 1 aliphatic rings. The lowest BCUT2D eigenvalue weighted by molar-refractivity contribution is -0.121. The lowest BCUT2D eigenvalue weighted by Gasteiger charge is -2.37. The van der Waals surface area contributed by atoms with Gasteiger partial charge in [0.1, 0.15) is 5.78 Å². The second-order valence-corrected chi connectivity index (χ2v) is 4.37. The minimum absolute atomic E-state index is 0.393. The quantitative estimate of drug-likeness (QED) is 0.673. The highest BCUT2D eigenvalue weighted by atomic mass is 16.1. The van der Waals surface area contributed by atoms with Crippen LogP contribution >= 0.6 is 0 Å². The van der Waals surface area contributed by atoms with Crippen LogP contribution in [-0.2, 0) is 4.79 Å². The third kappa shape index (κ3) is 3.39. The van der Waals surface area contributed by atoms with Crippen LogP contribution in [0.25, 0.3) is 0 Å². The van der Waals surface area contributed by atoms with Crippen LogP contribution < -0.4 is 0 Å². The molecule has 0 aromatic rings. The molecule has 1 heterocycles. The van der Waals surface area contributed by atoms with Gasteiger partial charge < -0.3 is 4.90 Å². The van der Waals surface area contributed by atoms with Crippen LogP contribution in [-0.4, -0.2) is 54.9 Å². The van der Waals surface area contributed by atoms with Crippen LogP contribution in [0.2, 0.25) is 0 Å². The summed E-state index contributed by atoms with van der Waals surface area (Å²) in [5, 5.41) is 0. The van der Waals surface area contributed by atoms with Crippen LogP contribution in [0.1, 0.15) is 26.7 Å². The zero-order valence-corrected chi connectivity index (χ0v) is 9.62. The summed E-state index contributed by atoms with van der Waals surface area (Å²) in [6.45, 7) is 8.12. The summed E-state index contributed by atoms with van der Waals surface area (Å²) in [5.41, 5.74) is 0. The van der Waals surface area contributed by atoms with Crippen molar-refractivity contribution >= 4 is 5.78 Å². The highest BCUT2D eigenvalue weighted by Crippen LogP contribution is 2.08. The van der Waals surface area contributed by atoms with Gasteiger partial charge in [0, 0.05) is 32.1 Å². The Bertz CT molecular complexity index is 194. The number of carbonyl (C=O) groups excluding carboxylic acids is 1. The molecule has 1 aliphatic heterocycles.